The van der Waals surface area contributed by atoms with Gasteiger partial charge in [-0.05, 0) is 12.8 Å². The molecule has 5 atom stereocenters. The molecule has 0 aliphatic carbocycles. The van der Waals surface area contributed by atoms with Gasteiger partial charge >= 0.3 is 0 Å². The summed E-state index contributed by atoms with van der Waals surface area (Å²) in [4.78, 5) is 12.0. The van der Waals surface area contributed by atoms with Gasteiger partial charge in [-0.2, -0.15) is 0 Å². The van der Waals surface area contributed by atoms with Crippen LogP contribution in [0.3, 0.4) is 0 Å². The molecular formula is C28H51NO6. The van der Waals surface area contributed by atoms with E-state index in [9.17, 15) is 20.1 Å². The molecular weight excluding hydrogens is 446 g/mol. The van der Waals surface area contributed by atoms with Crippen molar-refractivity contribution in [2.24, 2.45) is 0 Å². The Morgan fingerprint density at radius 1 is 0.829 bits per heavy atom. The minimum Gasteiger partial charge on any atom is -0.394 e. The van der Waals surface area contributed by atoms with Crippen LogP contribution in [-0.4, -0.2) is 63.6 Å². The van der Waals surface area contributed by atoms with Gasteiger partial charge in [-0.1, -0.05) is 115 Å². The van der Waals surface area contributed by atoms with Crippen molar-refractivity contribution >= 4 is 5.91 Å². The Morgan fingerprint density at radius 2 is 1.37 bits per heavy atom. The third-order valence-electron chi connectivity index (χ3n) is 6.57. The van der Waals surface area contributed by atoms with E-state index >= 15 is 0 Å². The Balaban J connectivity index is 1.95. The Kier molecular flexibility index (Phi) is 17.9. The summed E-state index contributed by atoms with van der Waals surface area (Å²) in [6, 6.07) is -1.18. The van der Waals surface area contributed by atoms with Crippen LogP contribution in [0.2, 0.25) is 0 Å². The first-order valence-electron chi connectivity index (χ1n) is 14.5. The standard InChI is InChI=1S/C28H51NO6/c1-2-3-4-5-6-7-8-9-10-11-12-13-14-15-16-17-18-19-20-21-24(31)29-25-27(33)26(32)23(22-30)35-28(25)34/h18-21,23,25-28,30,32-34H,2-17,22H2,1H3,(H,29,31)/t23-,25-,26-,27-,28?/m1/s1/i1D. The zero-order chi connectivity index (χ0) is 26.4. The number of rotatable bonds is 20. The molecule has 204 valence electrons. The van der Waals surface area contributed by atoms with Gasteiger partial charge in [0.05, 0.1) is 6.61 Å². The lowest BCUT2D eigenvalue weighted by Gasteiger charge is -2.40. The van der Waals surface area contributed by atoms with Gasteiger partial charge in [0, 0.05) is 7.45 Å². The molecule has 35 heavy (non-hydrogen) atoms. The zero-order valence-electron chi connectivity index (χ0n) is 22.5. The highest BCUT2D eigenvalue weighted by Gasteiger charge is 2.44. The number of allylic oxidation sites excluding steroid dienone is 3. The average molecular weight is 499 g/mol. The van der Waals surface area contributed by atoms with Gasteiger partial charge in [-0.3, -0.25) is 4.79 Å². The molecule has 1 unspecified atom stereocenters. The van der Waals surface area contributed by atoms with Crippen molar-refractivity contribution in [2.45, 2.75) is 140 Å². The van der Waals surface area contributed by atoms with E-state index in [-0.39, 0.29) is 0 Å². The fourth-order valence-corrected chi connectivity index (χ4v) is 4.34. The van der Waals surface area contributed by atoms with Crippen LogP contribution in [0.1, 0.15) is 111 Å². The van der Waals surface area contributed by atoms with Gasteiger partial charge in [-0.25, -0.2) is 0 Å². The second-order valence-electron chi connectivity index (χ2n) is 9.64. The van der Waals surface area contributed by atoms with Crippen LogP contribution in [0.4, 0.5) is 0 Å². The number of amides is 1. The highest BCUT2D eigenvalue weighted by Crippen LogP contribution is 2.19. The largest absolute Gasteiger partial charge is 0.394 e. The van der Waals surface area contributed by atoms with E-state index < -0.39 is 43.2 Å². The molecule has 0 aromatic heterocycles. The van der Waals surface area contributed by atoms with Crippen molar-refractivity contribution in [3.05, 3.63) is 24.3 Å². The van der Waals surface area contributed by atoms with Crippen LogP contribution in [0.25, 0.3) is 0 Å². The normalized spacial score (nSPS) is 25.4. The van der Waals surface area contributed by atoms with Gasteiger partial charge in [-0.15, -0.1) is 0 Å². The predicted molar refractivity (Wildman–Crippen MR) is 140 cm³/mol. The van der Waals surface area contributed by atoms with E-state index in [1.165, 1.54) is 89.5 Å². The van der Waals surface area contributed by atoms with E-state index in [4.69, 9.17) is 11.2 Å². The van der Waals surface area contributed by atoms with Crippen molar-refractivity contribution < 1.29 is 31.3 Å². The first kappa shape index (κ1) is 30.0. The zero-order valence-corrected chi connectivity index (χ0v) is 21.5. The van der Waals surface area contributed by atoms with Gasteiger partial charge in [0.25, 0.3) is 0 Å². The van der Waals surface area contributed by atoms with Crippen molar-refractivity contribution in [3.8, 4) is 0 Å². The number of hydrogen-bond donors (Lipinski definition) is 5. The SMILES string of the molecule is [2H]CCCCCCCCCCCCCCCCCC=CC=CC(=O)N[C@H]1C(O)O[C@H](CO)[C@@H](O)[C@@H]1O. The molecule has 0 aromatic rings. The smallest absolute Gasteiger partial charge is 0.244 e. The molecule has 1 amide bonds. The quantitative estimate of drug-likeness (QED) is 0.0971. The van der Waals surface area contributed by atoms with E-state index in [1.807, 2.05) is 6.08 Å². The van der Waals surface area contributed by atoms with Crippen molar-refractivity contribution in [3.63, 3.8) is 0 Å². The van der Waals surface area contributed by atoms with E-state index in [0.29, 0.717) is 6.90 Å². The lowest BCUT2D eigenvalue weighted by molar-refractivity contribution is -0.253. The molecule has 1 fully saturated rings. The third-order valence-corrected chi connectivity index (χ3v) is 6.57. The summed E-state index contributed by atoms with van der Waals surface area (Å²) in [7, 11) is 0. The maximum absolute atomic E-state index is 12.0. The number of carbonyl (C=O) groups is 1. The van der Waals surface area contributed by atoms with Gasteiger partial charge in [0.15, 0.2) is 6.29 Å². The number of carbonyl (C=O) groups excluding carboxylic acids is 1. The first-order chi connectivity index (χ1) is 17.5. The maximum atomic E-state index is 12.0. The topological polar surface area (TPSA) is 119 Å². The maximum Gasteiger partial charge on any atom is 0.244 e. The van der Waals surface area contributed by atoms with Crippen LogP contribution in [-0.2, 0) is 9.53 Å². The molecule has 0 spiro atoms. The Morgan fingerprint density at radius 3 is 1.91 bits per heavy atom. The Labute approximate surface area is 214 Å². The fraction of sp³-hybridized carbons (Fsp3) is 0.821. The second-order valence-corrected chi connectivity index (χ2v) is 9.64. The number of hydrogen-bond acceptors (Lipinski definition) is 6. The minimum absolute atomic E-state index is 0.516. The van der Waals surface area contributed by atoms with Gasteiger partial charge in [0.1, 0.15) is 24.4 Å². The summed E-state index contributed by atoms with van der Waals surface area (Å²) in [5.41, 5.74) is 0. The van der Waals surface area contributed by atoms with Crippen LogP contribution in [0.5, 0.6) is 0 Å². The molecule has 7 heteroatoms. The van der Waals surface area contributed by atoms with Crippen LogP contribution >= 0.6 is 0 Å². The number of aliphatic hydroxyl groups is 4. The van der Waals surface area contributed by atoms with Crippen molar-refractivity contribution in [1.82, 2.24) is 5.32 Å². The molecule has 1 aliphatic rings. The molecule has 1 heterocycles. The van der Waals surface area contributed by atoms with Crippen molar-refractivity contribution in [1.29, 1.82) is 0 Å². The molecule has 0 radical (unpaired) electrons. The van der Waals surface area contributed by atoms with Crippen LogP contribution in [0, 0.1) is 0 Å². The van der Waals surface area contributed by atoms with Crippen LogP contribution in [0.15, 0.2) is 24.3 Å². The number of ether oxygens (including phenoxy) is 1. The average Bonchev–Trinajstić information content (AvgIpc) is 2.87. The van der Waals surface area contributed by atoms with Gasteiger partial charge < -0.3 is 30.5 Å². The molecule has 0 saturated carbocycles. The third kappa shape index (κ3) is 14.8. The summed E-state index contributed by atoms with van der Waals surface area (Å²) in [6.45, 7) is 0.0354. The first-order valence-corrected chi connectivity index (χ1v) is 13.7. The Bertz CT molecular complexity index is 603. The predicted octanol–water partition coefficient (Wildman–Crippen LogP) is 4.28. The summed E-state index contributed by atoms with van der Waals surface area (Å²) >= 11 is 0. The van der Waals surface area contributed by atoms with E-state index in [2.05, 4.69) is 5.32 Å². The number of unbranched alkanes of at least 4 members (excludes halogenated alkanes) is 15. The molecule has 1 aliphatic heterocycles. The lowest BCUT2D eigenvalue weighted by Crippen LogP contribution is -2.64. The summed E-state index contributed by atoms with van der Waals surface area (Å²) in [5, 5.41) is 41.3. The molecule has 0 bridgehead atoms. The fourth-order valence-electron chi connectivity index (χ4n) is 4.34. The van der Waals surface area contributed by atoms with Gasteiger partial charge in [0.2, 0.25) is 5.91 Å². The summed E-state index contributed by atoms with van der Waals surface area (Å²) in [5.74, 6) is -0.516. The van der Waals surface area contributed by atoms with E-state index in [1.54, 1.807) is 12.2 Å². The minimum atomic E-state index is -1.52. The van der Waals surface area contributed by atoms with Crippen molar-refractivity contribution in [2.75, 3.05) is 6.61 Å². The number of nitrogens with one attached hydrogen (secondary N) is 1. The Hall–Kier alpha value is -1.25. The molecule has 7 nitrogen and oxygen atoms in total. The van der Waals surface area contributed by atoms with Crippen LogP contribution < -0.4 is 5.32 Å². The summed E-state index contributed by atoms with van der Waals surface area (Å²) in [6.07, 6.45) is 21.5. The molecule has 0 aromatic carbocycles. The highest BCUT2D eigenvalue weighted by molar-refractivity contribution is 5.88. The highest BCUT2D eigenvalue weighted by atomic mass is 16.6. The number of aliphatic hydroxyl groups excluding tert-OH is 4. The monoisotopic (exact) mass is 498 g/mol. The molecule has 1 rings (SSSR count). The summed E-state index contributed by atoms with van der Waals surface area (Å²) < 4.78 is 12.1. The molecule has 1 saturated heterocycles. The lowest BCUT2D eigenvalue weighted by atomic mass is 9.97. The van der Waals surface area contributed by atoms with E-state index in [0.717, 1.165) is 19.3 Å². The molecule has 5 N–H and O–H groups in total. The second kappa shape index (κ2) is 20.9.